The average molecular weight is 224 g/mol. The van der Waals surface area contributed by atoms with E-state index < -0.39 is 0 Å². The van der Waals surface area contributed by atoms with Crippen molar-refractivity contribution in [1.29, 1.82) is 0 Å². The van der Waals surface area contributed by atoms with Crippen LogP contribution in [0.15, 0.2) is 11.6 Å². The second-order valence-corrected chi connectivity index (χ2v) is 5.80. The highest BCUT2D eigenvalue weighted by atomic mass is 32.1. The van der Waals surface area contributed by atoms with E-state index in [1.807, 2.05) is 6.20 Å². The van der Waals surface area contributed by atoms with E-state index in [0.717, 1.165) is 0 Å². The molecule has 2 atom stereocenters. The Balaban J connectivity index is 2.31. The number of hydrogen-bond donors (Lipinski definition) is 1. The molecular weight excluding hydrogens is 204 g/mol. The summed E-state index contributed by atoms with van der Waals surface area (Å²) < 4.78 is 0. The molecule has 2 unspecified atom stereocenters. The van der Waals surface area contributed by atoms with Gasteiger partial charge >= 0.3 is 0 Å². The maximum atomic E-state index is 4.53. The molecule has 15 heavy (non-hydrogen) atoms. The Hall–Kier alpha value is -0.410. The van der Waals surface area contributed by atoms with E-state index in [2.05, 4.69) is 36.5 Å². The summed E-state index contributed by atoms with van der Waals surface area (Å²) >= 11 is 1.79. The SMILES string of the molecule is CC(C)NC1(c2nccs2)CCCC1C. The van der Waals surface area contributed by atoms with Crippen molar-refractivity contribution in [3.63, 3.8) is 0 Å². The second-order valence-electron chi connectivity index (χ2n) is 4.90. The summed E-state index contributed by atoms with van der Waals surface area (Å²) in [4.78, 5) is 4.53. The van der Waals surface area contributed by atoms with Crippen LogP contribution in [-0.4, -0.2) is 11.0 Å². The van der Waals surface area contributed by atoms with Gasteiger partial charge in [0.2, 0.25) is 0 Å². The molecule has 1 fully saturated rings. The third kappa shape index (κ3) is 1.95. The van der Waals surface area contributed by atoms with E-state index in [1.54, 1.807) is 11.3 Å². The number of aromatic nitrogens is 1. The first-order valence-corrected chi connectivity index (χ1v) is 6.71. The molecule has 1 aliphatic rings. The molecule has 1 aromatic heterocycles. The minimum atomic E-state index is 0.155. The number of hydrogen-bond acceptors (Lipinski definition) is 3. The molecule has 0 radical (unpaired) electrons. The van der Waals surface area contributed by atoms with Gasteiger partial charge in [0, 0.05) is 17.6 Å². The molecule has 1 saturated carbocycles. The Labute approximate surface area is 96.1 Å². The Morgan fingerprint density at radius 1 is 1.60 bits per heavy atom. The number of nitrogens with one attached hydrogen (secondary N) is 1. The fourth-order valence-electron chi connectivity index (χ4n) is 2.73. The predicted octanol–water partition coefficient (Wildman–Crippen LogP) is 3.16. The highest BCUT2D eigenvalue weighted by Crippen LogP contribution is 2.44. The topological polar surface area (TPSA) is 24.9 Å². The van der Waals surface area contributed by atoms with Crippen molar-refractivity contribution in [3.8, 4) is 0 Å². The zero-order valence-electron chi connectivity index (χ0n) is 9.79. The summed E-state index contributed by atoms with van der Waals surface area (Å²) in [6.07, 6.45) is 5.80. The monoisotopic (exact) mass is 224 g/mol. The van der Waals surface area contributed by atoms with Gasteiger partial charge in [-0.05, 0) is 32.6 Å². The second kappa shape index (κ2) is 4.22. The Bertz CT molecular complexity index is 307. The van der Waals surface area contributed by atoms with Gasteiger partial charge in [0.25, 0.3) is 0 Å². The van der Waals surface area contributed by atoms with Crippen molar-refractivity contribution in [3.05, 3.63) is 16.6 Å². The van der Waals surface area contributed by atoms with Crippen molar-refractivity contribution in [1.82, 2.24) is 10.3 Å². The predicted molar refractivity (Wildman–Crippen MR) is 65.1 cm³/mol. The van der Waals surface area contributed by atoms with E-state index >= 15 is 0 Å². The Kier molecular flexibility index (Phi) is 3.12. The van der Waals surface area contributed by atoms with Gasteiger partial charge in [-0.15, -0.1) is 11.3 Å². The van der Waals surface area contributed by atoms with Crippen LogP contribution in [0.5, 0.6) is 0 Å². The maximum Gasteiger partial charge on any atom is 0.113 e. The van der Waals surface area contributed by atoms with Crippen LogP contribution in [0.3, 0.4) is 0 Å². The molecule has 1 aromatic rings. The van der Waals surface area contributed by atoms with Crippen molar-refractivity contribution >= 4 is 11.3 Å². The number of rotatable bonds is 3. The molecule has 0 bridgehead atoms. The lowest BCUT2D eigenvalue weighted by molar-refractivity contribution is 0.241. The van der Waals surface area contributed by atoms with E-state index in [0.29, 0.717) is 12.0 Å². The van der Waals surface area contributed by atoms with Gasteiger partial charge in [-0.2, -0.15) is 0 Å². The summed E-state index contributed by atoms with van der Waals surface area (Å²) in [7, 11) is 0. The first-order valence-electron chi connectivity index (χ1n) is 5.83. The minimum absolute atomic E-state index is 0.155. The molecule has 0 amide bonds. The summed E-state index contributed by atoms with van der Waals surface area (Å²) in [5.41, 5.74) is 0.155. The van der Waals surface area contributed by atoms with Crippen LogP contribution in [0, 0.1) is 5.92 Å². The molecule has 2 rings (SSSR count). The van der Waals surface area contributed by atoms with Crippen molar-refractivity contribution < 1.29 is 0 Å². The largest absolute Gasteiger partial charge is 0.303 e. The molecule has 0 saturated heterocycles. The number of thiazole rings is 1. The molecule has 1 aliphatic carbocycles. The van der Waals surface area contributed by atoms with Crippen LogP contribution in [0.1, 0.15) is 45.0 Å². The Morgan fingerprint density at radius 3 is 2.87 bits per heavy atom. The van der Waals surface area contributed by atoms with Gasteiger partial charge in [-0.3, -0.25) is 0 Å². The zero-order chi connectivity index (χ0) is 10.9. The van der Waals surface area contributed by atoms with E-state index in [9.17, 15) is 0 Å². The lowest BCUT2D eigenvalue weighted by Crippen LogP contribution is -2.47. The van der Waals surface area contributed by atoms with Gasteiger partial charge in [-0.1, -0.05) is 13.3 Å². The zero-order valence-corrected chi connectivity index (χ0v) is 10.6. The van der Waals surface area contributed by atoms with Gasteiger partial charge in [0.05, 0.1) is 5.54 Å². The highest BCUT2D eigenvalue weighted by molar-refractivity contribution is 7.09. The van der Waals surface area contributed by atoms with E-state index in [4.69, 9.17) is 0 Å². The molecule has 0 aromatic carbocycles. The van der Waals surface area contributed by atoms with Crippen molar-refractivity contribution in [2.45, 2.75) is 51.6 Å². The van der Waals surface area contributed by atoms with Crippen molar-refractivity contribution in [2.24, 2.45) is 5.92 Å². The summed E-state index contributed by atoms with van der Waals surface area (Å²) in [5, 5.41) is 7.12. The molecule has 1 heterocycles. The van der Waals surface area contributed by atoms with Gasteiger partial charge in [0.1, 0.15) is 5.01 Å². The first kappa shape index (κ1) is 11.1. The molecule has 0 spiro atoms. The molecule has 1 N–H and O–H groups in total. The lowest BCUT2D eigenvalue weighted by Gasteiger charge is -2.35. The van der Waals surface area contributed by atoms with E-state index in [1.165, 1.54) is 24.3 Å². The maximum absolute atomic E-state index is 4.53. The highest BCUT2D eigenvalue weighted by Gasteiger charge is 2.43. The normalized spacial score (nSPS) is 31.3. The fraction of sp³-hybridized carbons (Fsp3) is 0.750. The fourth-order valence-corrected chi connectivity index (χ4v) is 3.68. The van der Waals surface area contributed by atoms with Crippen LogP contribution < -0.4 is 5.32 Å². The summed E-state index contributed by atoms with van der Waals surface area (Å²) in [5.74, 6) is 0.700. The smallest absolute Gasteiger partial charge is 0.113 e. The van der Waals surface area contributed by atoms with Crippen LogP contribution in [0.2, 0.25) is 0 Å². The van der Waals surface area contributed by atoms with Gasteiger partial charge < -0.3 is 5.32 Å². The first-order chi connectivity index (χ1) is 7.15. The summed E-state index contributed by atoms with van der Waals surface area (Å²) in [6.45, 7) is 6.80. The van der Waals surface area contributed by atoms with Crippen LogP contribution >= 0.6 is 11.3 Å². The standard InChI is InChI=1S/C12H20N2S/c1-9(2)14-12(6-4-5-10(12)3)11-13-7-8-15-11/h7-10,14H,4-6H2,1-3H3. The average Bonchev–Trinajstić information content (AvgIpc) is 2.76. The molecule has 84 valence electrons. The third-order valence-electron chi connectivity index (χ3n) is 3.41. The van der Waals surface area contributed by atoms with Gasteiger partial charge in [0.15, 0.2) is 0 Å². The van der Waals surface area contributed by atoms with E-state index in [-0.39, 0.29) is 5.54 Å². The number of nitrogens with zero attached hydrogens (tertiary/aromatic N) is 1. The van der Waals surface area contributed by atoms with Gasteiger partial charge in [-0.25, -0.2) is 4.98 Å². The van der Waals surface area contributed by atoms with Crippen LogP contribution in [-0.2, 0) is 5.54 Å². The molecule has 3 heteroatoms. The quantitative estimate of drug-likeness (QED) is 0.853. The van der Waals surface area contributed by atoms with Crippen LogP contribution in [0.4, 0.5) is 0 Å². The minimum Gasteiger partial charge on any atom is -0.303 e. The lowest BCUT2D eigenvalue weighted by atomic mass is 9.88. The molecule has 0 aliphatic heterocycles. The van der Waals surface area contributed by atoms with Crippen molar-refractivity contribution in [2.75, 3.05) is 0 Å². The molecular formula is C12H20N2S. The summed E-state index contributed by atoms with van der Waals surface area (Å²) in [6, 6.07) is 0.523. The molecule has 2 nitrogen and oxygen atoms in total. The van der Waals surface area contributed by atoms with Crippen LogP contribution in [0.25, 0.3) is 0 Å². The third-order valence-corrected chi connectivity index (χ3v) is 4.36. The Morgan fingerprint density at radius 2 is 2.40 bits per heavy atom.